The van der Waals surface area contributed by atoms with Crippen molar-refractivity contribution in [1.29, 1.82) is 0 Å². The van der Waals surface area contributed by atoms with Crippen LogP contribution >= 0.6 is 22.6 Å². The molecule has 3 rings (SSSR count). The van der Waals surface area contributed by atoms with Gasteiger partial charge in [-0.1, -0.05) is 43.0 Å². The highest BCUT2D eigenvalue weighted by atomic mass is 127. The van der Waals surface area contributed by atoms with Crippen LogP contribution < -0.4 is 5.32 Å². The maximum atomic E-state index is 12.3. The average Bonchev–Trinajstić information content (AvgIpc) is 3.20. The second-order valence-electron chi connectivity index (χ2n) is 6.20. The van der Waals surface area contributed by atoms with Crippen molar-refractivity contribution in [2.24, 2.45) is 5.92 Å². The Bertz CT molecular complexity index is 887. The van der Waals surface area contributed by atoms with Gasteiger partial charge in [-0.25, -0.2) is 0 Å². The minimum absolute atomic E-state index is 0.0193. The molecule has 2 unspecified atom stereocenters. The highest BCUT2D eigenvalue weighted by Crippen LogP contribution is 2.35. The summed E-state index contributed by atoms with van der Waals surface area (Å²) in [4.78, 5) is 12.3. The van der Waals surface area contributed by atoms with Crippen molar-refractivity contribution in [3.8, 4) is 0 Å². The van der Waals surface area contributed by atoms with Gasteiger partial charge in [0.05, 0.1) is 6.26 Å². The second-order valence-corrected chi connectivity index (χ2v) is 7.18. The van der Waals surface area contributed by atoms with Gasteiger partial charge in [-0.15, -0.1) is 5.73 Å². The third kappa shape index (κ3) is 4.15. The maximum Gasteiger partial charge on any atom is 0.219 e. The molecule has 0 amide bonds. The molecule has 1 heterocycles. The number of benzene rings is 1. The molecule has 2 aromatic rings. The van der Waals surface area contributed by atoms with E-state index >= 15 is 0 Å². The summed E-state index contributed by atoms with van der Waals surface area (Å²) in [6, 6.07) is 13.9. The zero-order valence-electron chi connectivity index (χ0n) is 14.5. The molecule has 1 aliphatic carbocycles. The lowest BCUT2D eigenvalue weighted by Crippen LogP contribution is -2.38. The summed E-state index contributed by atoms with van der Waals surface area (Å²) >= 11 is 1.85. The molecule has 1 aliphatic rings. The largest absolute Gasteiger partial charge is 0.464 e. The van der Waals surface area contributed by atoms with E-state index in [0.717, 1.165) is 22.5 Å². The van der Waals surface area contributed by atoms with Crippen molar-refractivity contribution in [3.05, 3.63) is 95.7 Å². The first-order chi connectivity index (χ1) is 12.6. The Labute approximate surface area is 167 Å². The molecule has 2 atom stereocenters. The molecule has 0 aliphatic heterocycles. The summed E-state index contributed by atoms with van der Waals surface area (Å²) in [7, 11) is 0. The zero-order chi connectivity index (χ0) is 18.5. The fourth-order valence-corrected chi connectivity index (χ4v) is 3.68. The van der Waals surface area contributed by atoms with Gasteiger partial charge in [0, 0.05) is 52.2 Å². The molecule has 1 N–H and O–H groups in total. The zero-order valence-corrected chi connectivity index (χ0v) is 16.7. The predicted octanol–water partition coefficient (Wildman–Crippen LogP) is 5.07. The Morgan fingerprint density at radius 3 is 2.65 bits per heavy atom. The Hall–Kier alpha value is -2.14. The Morgan fingerprint density at radius 1 is 1.27 bits per heavy atom. The van der Waals surface area contributed by atoms with E-state index in [4.69, 9.17) is 4.42 Å². The number of nitrogens with one attached hydrogen (secondary N) is 1. The van der Waals surface area contributed by atoms with Crippen molar-refractivity contribution in [2.75, 3.05) is 0 Å². The topological polar surface area (TPSA) is 42.2 Å². The standard InChI is InChI=1S/C22H20INO2/c1-3-15(2)21-18(22(23)25)12-17(20-10-7-11-26-20)13-19(21)24-14-16-8-5-4-6-9-16/h4-13,19,21,24H,1,14H2,2H3. The molecule has 0 spiro atoms. The SMILES string of the molecule is C=C=C(C)C1C(C(=O)I)=CC(c2ccco2)=CC1NCc1ccccc1. The van der Waals surface area contributed by atoms with Crippen LogP contribution in [0.4, 0.5) is 0 Å². The molecule has 0 saturated heterocycles. The lowest BCUT2D eigenvalue weighted by atomic mass is 9.80. The van der Waals surface area contributed by atoms with Crippen molar-refractivity contribution in [1.82, 2.24) is 5.32 Å². The van der Waals surface area contributed by atoms with E-state index in [1.807, 2.05) is 65.9 Å². The van der Waals surface area contributed by atoms with E-state index < -0.39 is 0 Å². The third-order valence-electron chi connectivity index (χ3n) is 4.53. The normalized spacial score (nSPS) is 19.3. The van der Waals surface area contributed by atoms with Gasteiger partial charge < -0.3 is 9.73 Å². The summed E-state index contributed by atoms with van der Waals surface area (Å²) in [6.45, 7) is 6.45. The van der Waals surface area contributed by atoms with Crippen LogP contribution in [0.2, 0.25) is 0 Å². The molecule has 0 fully saturated rings. The van der Waals surface area contributed by atoms with Gasteiger partial charge in [0.1, 0.15) is 5.76 Å². The molecular weight excluding hydrogens is 437 g/mol. The minimum atomic E-state index is -0.0978. The minimum Gasteiger partial charge on any atom is -0.464 e. The highest BCUT2D eigenvalue weighted by Gasteiger charge is 2.32. The van der Waals surface area contributed by atoms with Crippen LogP contribution in [0.3, 0.4) is 0 Å². The van der Waals surface area contributed by atoms with Crippen LogP contribution in [-0.2, 0) is 11.3 Å². The molecule has 1 aromatic heterocycles. The van der Waals surface area contributed by atoms with E-state index in [1.54, 1.807) is 6.26 Å². The van der Waals surface area contributed by atoms with E-state index in [-0.39, 0.29) is 15.7 Å². The molecule has 0 saturated carbocycles. The first kappa shape index (κ1) is 18.6. The quantitative estimate of drug-likeness (QED) is 0.374. The van der Waals surface area contributed by atoms with Crippen LogP contribution in [0.15, 0.2) is 88.8 Å². The van der Waals surface area contributed by atoms with Crippen LogP contribution in [0.25, 0.3) is 5.57 Å². The number of hydrogen-bond acceptors (Lipinski definition) is 3. The highest BCUT2D eigenvalue weighted by molar-refractivity contribution is 14.1. The summed E-state index contributed by atoms with van der Waals surface area (Å²) < 4.78 is 5.56. The lowest BCUT2D eigenvalue weighted by Gasteiger charge is -2.31. The number of halogens is 1. The first-order valence-electron chi connectivity index (χ1n) is 8.41. The van der Waals surface area contributed by atoms with E-state index in [0.29, 0.717) is 6.54 Å². The number of carbonyl (C=O) groups excluding carboxylic acids is 1. The van der Waals surface area contributed by atoms with Crippen LogP contribution in [-0.4, -0.2) is 9.83 Å². The summed E-state index contributed by atoms with van der Waals surface area (Å²) in [5.41, 5.74) is 6.76. The fraction of sp³-hybridized carbons (Fsp3) is 0.182. The van der Waals surface area contributed by atoms with Gasteiger partial charge in [0.2, 0.25) is 3.79 Å². The fourth-order valence-electron chi connectivity index (χ4n) is 3.18. The Kier molecular flexibility index (Phi) is 6.09. The van der Waals surface area contributed by atoms with Gasteiger partial charge >= 0.3 is 0 Å². The van der Waals surface area contributed by atoms with Gasteiger partial charge in [0.25, 0.3) is 0 Å². The van der Waals surface area contributed by atoms with Crippen LogP contribution in [0.1, 0.15) is 18.2 Å². The van der Waals surface area contributed by atoms with E-state index in [9.17, 15) is 4.79 Å². The second kappa shape index (κ2) is 8.49. The monoisotopic (exact) mass is 457 g/mol. The van der Waals surface area contributed by atoms with Gasteiger partial charge in [0.15, 0.2) is 0 Å². The predicted molar refractivity (Wildman–Crippen MR) is 113 cm³/mol. The molecule has 1 aromatic carbocycles. The van der Waals surface area contributed by atoms with Crippen molar-refractivity contribution in [2.45, 2.75) is 19.5 Å². The van der Waals surface area contributed by atoms with E-state index in [2.05, 4.69) is 35.8 Å². The Morgan fingerprint density at radius 2 is 2.04 bits per heavy atom. The number of furan rings is 1. The third-order valence-corrected chi connectivity index (χ3v) is 5.15. The van der Waals surface area contributed by atoms with Crippen molar-refractivity contribution < 1.29 is 9.21 Å². The molecule has 4 heteroatoms. The van der Waals surface area contributed by atoms with Gasteiger partial charge in [-0.2, -0.15) is 0 Å². The lowest BCUT2D eigenvalue weighted by molar-refractivity contribution is -0.106. The molecular formula is C22H20INO2. The number of rotatable bonds is 6. The van der Waals surface area contributed by atoms with Gasteiger partial charge in [-0.3, -0.25) is 4.79 Å². The molecule has 132 valence electrons. The number of allylic oxidation sites excluding steroid dienone is 2. The number of hydrogen-bond donors (Lipinski definition) is 1. The molecule has 0 radical (unpaired) electrons. The summed E-state index contributed by atoms with van der Waals surface area (Å²) in [5, 5.41) is 3.58. The average molecular weight is 457 g/mol. The molecule has 26 heavy (non-hydrogen) atoms. The van der Waals surface area contributed by atoms with E-state index in [1.165, 1.54) is 5.56 Å². The first-order valence-corrected chi connectivity index (χ1v) is 9.49. The summed E-state index contributed by atoms with van der Waals surface area (Å²) in [6.07, 6.45) is 5.68. The van der Waals surface area contributed by atoms with Crippen molar-refractivity contribution >= 4 is 32.0 Å². The maximum absolute atomic E-state index is 12.3. The van der Waals surface area contributed by atoms with Crippen LogP contribution in [0, 0.1) is 5.92 Å². The number of carbonyl (C=O) groups is 1. The summed E-state index contributed by atoms with van der Waals surface area (Å²) in [5.74, 6) is 0.657. The Balaban J connectivity index is 1.97. The van der Waals surface area contributed by atoms with Crippen LogP contribution in [0.5, 0.6) is 0 Å². The van der Waals surface area contributed by atoms with Crippen molar-refractivity contribution in [3.63, 3.8) is 0 Å². The smallest absolute Gasteiger partial charge is 0.219 e. The molecule has 3 nitrogen and oxygen atoms in total. The van der Waals surface area contributed by atoms with Gasteiger partial charge in [-0.05, 0) is 36.3 Å². The molecule has 0 bridgehead atoms.